The van der Waals surface area contributed by atoms with Gasteiger partial charge in [0.2, 0.25) is 0 Å². The number of hydrazone groups is 1. The zero-order valence-electron chi connectivity index (χ0n) is 14.2. The van der Waals surface area contributed by atoms with Crippen LogP contribution < -0.4 is 5.43 Å². The summed E-state index contributed by atoms with van der Waals surface area (Å²) in [6.45, 7) is 1.94. The topological polar surface area (TPSA) is 78.4 Å². The molecule has 0 spiro atoms. The highest BCUT2D eigenvalue weighted by Gasteiger charge is 2.12. The molecule has 0 bridgehead atoms. The molecular formula is C20H13ClFN3O2. The van der Waals surface area contributed by atoms with Crippen molar-refractivity contribution in [1.29, 1.82) is 5.26 Å². The van der Waals surface area contributed by atoms with E-state index in [0.717, 1.165) is 17.2 Å². The molecule has 0 saturated heterocycles. The molecule has 2 aromatic carbocycles. The van der Waals surface area contributed by atoms with Crippen molar-refractivity contribution in [2.45, 2.75) is 6.92 Å². The van der Waals surface area contributed by atoms with Crippen LogP contribution in [0.25, 0.3) is 11.3 Å². The minimum Gasteiger partial charge on any atom is -0.455 e. The Labute approximate surface area is 159 Å². The van der Waals surface area contributed by atoms with Crippen LogP contribution in [0.3, 0.4) is 0 Å². The number of benzene rings is 2. The molecule has 3 rings (SSSR count). The summed E-state index contributed by atoms with van der Waals surface area (Å²) in [5.74, 6) is -0.505. The Kier molecular flexibility index (Phi) is 5.34. The Hall–Kier alpha value is -3.43. The molecule has 27 heavy (non-hydrogen) atoms. The van der Waals surface area contributed by atoms with Crippen LogP contribution in [-0.2, 0) is 0 Å². The number of hydrogen-bond donors (Lipinski definition) is 1. The Balaban J connectivity index is 1.71. The molecule has 0 saturated carbocycles. The third kappa shape index (κ3) is 4.22. The lowest BCUT2D eigenvalue weighted by Crippen LogP contribution is -2.19. The minimum absolute atomic E-state index is 0.131. The molecule has 0 atom stereocenters. The van der Waals surface area contributed by atoms with E-state index in [1.54, 1.807) is 30.3 Å². The lowest BCUT2D eigenvalue weighted by atomic mass is 10.1. The van der Waals surface area contributed by atoms with Gasteiger partial charge in [0.1, 0.15) is 17.3 Å². The molecule has 1 aromatic heterocycles. The summed E-state index contributed by atoms with van der Waals surface area (Å²) in [4.78, 5) is 12.0. The second-order valence-electron chi connectivity index (χ2n) is 5.67. The van der Waals surface area contributed by atoms with Gasteiger partial charge in [0, 0.05) is 10.6 Å². The van der Waals surface area contributed by atoms with E-state index >= 15 is 0 Å². The molecule has 134 valence electrons. The number of hydrogen-bond acceptors (Lipinski definition) is 4. The van der Waals surface area contributed by atoms with Gasteiger partial charge < -0.3 is 4.42 Å². The molecule has 0 aliphatic rings. The summed E-state index contributed by atoms with van der Waals surface area (Å²) in [6, 6.07) is 14.3. The van der Waals surface area contributed by atoms with Gasteiger partial charge in [-0.15, -0.1) is 0 Å². The van der Waals surface area contributed by atoms with E-state index in [9.17, 15) is 9.18 Å². The number of nitriles is 1. The SMILES string of the molecule is Cc1ccc(Cl)cc1-c1ccc(/C=N\NC(=O)c2ccc(C#N)cc2F)o1. The molecule has 3 aromatic rings. The maximum absolute atomic E-state index is 13.8. The summed E-state index contributed by atoms with van der Waals surface area (Å²) in [5.41, 5.74) is 4.00. The van der Waals surface area contributed by atoms with Crippen LogP contribution in [0, 0.1) is 24.1 Å². The summed E-state index contributed by atoms with van der Waals surface area (Å²) < 4.78 is 19.5. The van der Waals surface area contributed by atoms with Gasteiger partial charge in [-0.05, 0) is 55.0 Å². The van der Waals surface area contributed by atoms with Crippen LogP contribution >= 0.6 is 11.6 Å². The Morgan fingerprint density at radius 1 is 1.26 bits per heavy atom. The van der Waals surface area contributed by atoms with Crippen molar-refractivity contribution in [2.24, 2.45) is 5.10 Å². The first-order valence-electron chi connectivity index (χ1n) is 7.87. The molecule has 0 aliphatic heterocycles. The molecule has 0 unspecified atom stereocenters. The molecular weight excluding hydrogens is 369 g/mol. The fraction of sp³-hybridized carbons (Fsp3) is 0.0500. The minimum atomic E-state index is -0.793. The number of nitrogens with zero attached hydrogens (tertiary/aromatic N) is 2. The van der Waals surface area contributed by atoms with Crippen LogP contribution in [0.2, 0.25) is 5.02 Å². The molecule has 1 N–H and O–H groups in total. The van der Waals surface area contributed by atoms with Crippen molar-refractivity contribution in [3.05, 3.63) is 81.8 Å². The fourth-order valence-corrected chi connectivity index (χ4v) is 2.58. The van der Waals surface area contributed by atoms with E-state index < -0.39 is 11.7 Å². The Morgan fingerprint density at radius 3 is 2.81 bits per heavy atom. The van der Waals surface area contributed by atoms with Crippen molar-refractivity contribution in [3.63, 3.8) is 0 Å². The number of nitrogens with one attached hydrogen (secondary N) is 1. The van der Waals surface area contributed by atoms with Crippen molar-refractivity contribution < 1.29 is 13.6 Å². The molecule has 0 radical (unpaired) electrons. The lowest BCUT2D eigenvalue weighted by Gasteiger charge is -2.03. The summed E-state index contributed by atoms with van der Waals surface area (Å²) in [7, 11) is 0. The van der Waals surface area contributed by atoms with Gasteiger partial charge >= 0.3 is 0 Å². The average molecular weight is 382 g/mol. The lowest BCUT2D eigenvalue weighted by molar-refractivity contribution is 0.0951. The third-order valence-electron chi connectivity index (χ3n) is 3.79. The second-order valence-corrected chi connectivity index (χ2v) is 6.10. The predicted octanol–water partition coefficient (Wildman–Crippen LogP) is 4.68. The standard InChI is InChI=1S/C20H13ClFN3O2/c1-12-2-4-14(21)9-17(12)19-7-5-15(27-19)11-24-25-20(26)16-6-3-13(10-23)8-18(16)22/h2-9,11H,1H3,(H,25,26)/b24-11-. The molecule has 0 fully saturated rings. The second kappa shape index (κ2) is 7.85. The predicted molar refractivity (Wildman–Crippen MR) is 100 cm³/mol. The van der Waals surface area contributed by atoms with E-state index in [0.29, 0.717) is 16.5 Å². The highest BCUT2D eigenvalue weighted by atomic mass is 35.5. The number of rotatable bonds is 4. The van der Waals surface area contributed by atoms with E-state index in [2.05, 4.69) is 10.5 Å². The van der Waals surface area contributed by atoms with Crippen molar-refractivity contribution in [3.8, 4) is 17.4 Å². The first-order valence-corrected chi connectivity index (χ1v) is 8.25. The van der Waals surface area contributed by atoms with Crippen LogP contribution in [0.4, 0.5) is 4.39 Å². The van der Waals surface area contributed by atoms with E-state index in [1.807, 2.05) is 13.0 Å². The zero-order chi connectivity index (χ0) is 19.4. The highest BCUT2D eigenvalue weighted by Crippen LogP contribution is 2.27. The number of aryl methyl sites for hydroxylation is 1. The maximum Gasteiger partial charge on any atom is 0.274 e. The van der Waals surface area contributed by atoms with Gasteiger partial charge in [-0.25, -0.2) is 9.82 Å². The zero-order valence-corrected chi connectivity index (χ0v) is 14.9. The first kappa shape index (κ1) is 18.4. The fourth-order valence-electron chi connectivity index (χ4n) is 2.41. The van der Waals surface area contributed by atoms with Crippen molar-refractivity contribution >= 4 is 23.7 Å². The summed E-state index contributed by atoms with van der Waals surface area (Å²) in [6.07, 6.45) is 1.31. The molecule has 1 amide bonds. The smallest absolute Gasteiger partial charge is 0.274 e. The highest BCUT2D eigenvalue weighted by molar-refractivity contribution is 6.30. The van der Waals surface area contributed by atoms with Crippen LogP contribution in [0.15, 0.2) is 58.0 Å². The van der Waals surface area contributed by atoms with Gasteiger partial charge in [-0.1, -0.05) is 17.7 Å². The molecule has 0 aliphatic carbocycles. The van der Waals surface area contributed by atoms with Crippen molar-refractivity contribution in [1.82, 2.24) is 5.43 Å². The van der Waals surface area contributed by atoms with Gasteiger partial charge in [-0.2, -0.15) is 10.4 Å². The number of carbonyl (C=O) groups excluding carboxylic acids is 1. The van der Waals surface area contributed by atoms with Gasteiger partial charge in [0.05, 0.1) is 23.4 Å². The Bertz CT molecular complexity index is 1080. The van der Waals surface area contributed by atoms with E-state index in [-0.39, 0.29) is 11.1 Å². The largest absolute Gasteiger partial charge is 0.455 e. The third-order valence-corrected chi connectivity index (χ3v) is 4.03. The normalized spacial score (nSPS) is 10.7. The van der Waals surface area contributed by atoms with Gasteiger partial charge in [0.25, 0.3) is 5.91 Å². The Morgan fingerprint density at radius 2 is 2.07 bits per heavy atom. The maximum atomic E-state index is 13.8. The van der Waals surface area contributed by atoms with Crippen molar-refractivity contribution in [2.75, 3.05) is 0 Å². The van der Waals surface area contributed by atoms with Crippen LogP contribution in [0.1, 0.15) is 27.2 Å². The number of furan rings is 1. The number of amides is 1. The van der Waals surface area contributed by atoms with E-state index in [4.69, 9.17) is 21.3 Å². The monoisotopic (exact) mass is 381 g/mol. The average Bonchev–Trinajstić information content (AvgIpc) is 3.12. The summed E-state index contributed by atoms with van der Waals surface area (Å²) >= 11 is 6.02. The first-order chi connectivity index (χ1) is 13.0. The number of carbonyl (C=O) groups is 1. The molecule has 1 heterocycles. The van der Waals surface area contributed by atoms with Gasteiger partial charge in [-0.3, -0.25) is 4.79 Å². The van der Waals surface area contributed by atoms with Crippen LogP contribution in [0.5, 0.6) is 0 Å². The molecule has 5 nitrogen and oxygen atoms in total. The van der Waals surface area contributed by atoms with Crippen LogP contribution in [-0.4, -0.2) is 12.1 Å². The van der Waals surface area contributed by atoms with E-state index in [1.165, 1.54) is 18.3 Å². The summed E-state index contributed by atoms with van der Waals surface area (Å²) in [5, 5.41) is 13.1. The molecule has 7 heteroatoms. The van der Waals surface area contributed by atoms with Gasteiger partial charge in [0.15, 0.2) is 0 Å². The quantitative estimate of drug-likeness (QED) is 0.526. The number of halogens is 2.